The van der Waals surface area contributed by atoms with Crippen molar-refractivity contribution >= 4 is 68.5 Å². The monoisotopic (exact) mass is 519 g/mol. The molecular weight excluding hydrogens is 503 g/mol. The molecule has 0 spiro atoms. The second-order valence-corrected chi connectivity index (χ2v) is 8.78. The smallest absolute Gasteiger partial charge is 0.292 e. The first kappa shape index (κ1) is 23.3. The van der Waals surface area contributed by atoms with Crippen LogP contribution in [0.2, 0.25) is 10.0 Å². The van der Waals surface area contributed by atoms with Crippen molar-refractivity contribution < 1.29 is 19.2 Å². The van der Waals surface area contributed by atoms with Gasteiger partial charge in [-0.15, -0.1) is 0 Å². The van der Waals surface area contributed by atoms with E-state index in [2.05, 4.69) is 10.6 Å². The van der Waals surface area contributed by atoms with Gasteiger partial charge >= 0.3 is 0 Å². The van der Waals surface area contributed by atoms with E-state index in [0.717, 1.165) is 4.73 Å². The van der Waals surface area contributed by atoms with Gasteiger partial charge in [-0.1, -0.05) is 35.3 Å². The molecule has 5 aromatic rings. The first-order chi connectivity index (χ1) is 17.3. The molecule has 5 rings (SSSR count). The molecule has 0 aliphatic carbocycles. The van der Waals surface area contributed by atoms with Gasteiger partial charge in [0.25, 0.3) is 22.8 Å². The van der Waals surface area contributed by atoms with E-state index in [1.807, 2.05) is 0 Å². The number of carbonyl (C=O) groups is 2. The Morgan fingerprint density at radius 1 is 0.694 bits per heavy atom. The lowest BCUT2D eigenvalue weighted by Gasteiger charge is -2.14. The van der Waals surface area contributed by atoms with E-state index in [-0.39, 0.29) is 33.4 Å². The Labute approximate surface area is 213 Å². The van der Waals surface area contributed by atoms with Gasteiger partial charge in [-0.3, -0.25) is 9.59 Å². The van der Waals surface area contributed by atoms with Gasteiger partial charge in [0.05, 0.1) is 15.8 Å². The topological polar surface area (TPSA) is 106 Å². The minimum atomic E-state index is -0.483. The Morgan fingerprint density at radius 3 is 1.75 bits per heavy atom. The van der Waals surface area contributed by atoms with E-state index < -0.39 is 11.8 Å². The molecule has 0 fully saturated rings. The van der Waals surface area contributed by atoms with Crippen LogP contribution in [0, 0.1) is 4.91 Å². The highest BCUT2D eigenvalue weighted by Gasteiger charge is 2.23. The summed E-state index contributed by atoms with van der Waals surface area (Å²) in [6, 6.07) is 21.8. The number of fused-ring (bicyclic) bond motifs is 2. The van der Waals surface area contributed by atoms with Crippen LogP contribution >= 0.6 is 23.2 Å². The molecule has 8 nitrogen and oxygen atoms in total. The highest BCUT2D eigenvalue weighted by Crippen LogP contribution is 2.29. The summed E-state index contributed by atoms with van der Waals surface area (Å²) in [6.45, 7) is 0. The predicted octanol–water partition coefficient (Wildman–Crippen LogP) is 5.76. The second-order valence-electron chi connectivity index (χ2n) is 7.90. The van der Waals surface area contributed by atoms with Gasteiger partial charge in [-0.25, -0.2) is 0 Å². The first-order valence-electron chi connectivity index (χ1n) is 10.7. The van der Waals surface area contributed by atoms with Crippen LogP contribution in [0.5, 0.6) is 0 Å². The number of nitrogens with zero attached hydrogens (tertiary/aromatic N) is 2. The molecule has 0 aliphatic heterocycles. The number of rotatable bonds is 4. The SMILES string of the molecule is O=C(Nc1cc2c(cc1NC(=O)c1ccc(Cl)cc1)[n+](=O)c1ccccc1n2O)c1ccc(Cl)cc1. The second kappa shape index (κ2) is 9.33. The van der Waals surface area contributed by atoms with Crippen LogP contribution in [0.3, 0.4) is 0 Å². The third-order valence-corrected chi connectivity index (χ3v) is 6.10. The van der Waals surface area contributed by atoms with Crippen LogP contribution in [0.25, 0.3) is 22.1 Å². The van der Waals surface area contributed by atoms with Crippen molar-refractivity contribution in [2.75, 3.05) is 10.6 Å². The third-order valence-electron chi connectivity index (χ3n) is 5.60. The van der Waals surface area contributed by atoms with Crippen LogP contribution in [-0.4, -0.2) is 21.8 Å². The lowest BCUT2D eigenvalue weighted by Crippen LogP contribution is -2.22. The zero-order valence-corrected chi connectivity index (χ0v) is 19.9. The molecule has 4 aromatic carbocycles. The lowest BCUT2D eigenvalue weighted by molar-refractivity contribution is -0.433. The third kappa shape index (κ3) is 4.35. The van der Waals surface area contributed by atoms with Gasteiger partial charge in [0, 0.05) is 38.2 Å². The Morgan fingerprint density at radius 2 is 1.19 bits per heavy atom. The summed E-state index contributed by atoms with van der Waals surface area (Å²) in [5.41, 5.74) is 1.66. The van der Waals surface area contributed by atoms with Gasteiger partial charge in [0.15, 0.2) is 11.0 Å². The average molecular weight is 520 g/mol. The summed E-state index contributed by atoms with van der Waals surface area (Å²) in [5, 5.41) is 17.3. The van der Waals surface area contributed by atoms with Crippen LogP contribution in [0.15, 0.2) is 84.9 Å². The number of para-hydroxylation sites is 2. The molecule has 0 aliphatic rings. The summed E-state index contributed by atoms with van der Waals surface area (Å²) in [4.78, 5) is 39.0. The maximum absolute atomic E-state index is 13.1. The van der Waals surface area contributed by atoms with Gasteiger partial charge in [0.1, 0.15) is 0 Å². The fourth-order valence-electron chi connectivity index (χ4n) is 3.78. The van der Waals surface area contributed by atoms with E-state index >= 15 is 0 Å². The van der Waals surface area contributed by atoms with E-state index in [9.17, 15) is 19.7 Å². The number of aromatic nitrogens is 2. The standard InChI is InChI=1S/C26H16Cl2N4O4/c27-17-9-5-15(6-10-17)25(33)29-19-13-23-24(32(36)22-4-2-1-3-21(22)31(23)35)14-20(19)30-26(34)16-7-11-18(28)12-8-16/h1-14,35H,(H-,29,30,33,34,36)/p+1. The van der Waals surface area contributed by atoms with Gasteiger partial charge in [-0.2, -0.15) is 4.73 Å². The van der Waals surface area contributed by atoms with Crippen molar-refractivity contribution in [1.29, 1.82) is 0 Å². The molecule has 1 heterocycles. The van der Waals surface area contributed by atoms with Crippen molar-refractivity contribution in [2.45, 2.75) is 0 Å². The molecule has 2 amide bonds. The fourth-order valence-corrected chi connectivity index (χ4v) is 4.03. The molecule has 0 saturated heterocycles. The Kier molecular flexibility index (Phi) is 6.05. The largest absolute Gasteiger partial charge is 0.427 e. The molecule has 0 atom stereocenters. The number of hydrogen-bond acceptors (Lipinski definition) is 4. The van der Waals surface area contributed by atoms with Gasteiger partial charge in [0.2, 0.25) is 0 Å². The summed E-state index contributed by atoms with van der Waals surface area (Å²) in [7, 11) is 0. The maximum Gasteiger partial charge on any atom is 0.292 e. The fraction of sp³-hybridized carbons (Fsp3) is 0. The Bertz CT molecular complexity index is 1720. The number of amides is 2. The molecule has 1 aromatic heterocycles. The van der Waals surface area contributed by atoms with Crippen molar-refractivity contribution in [3.8, 4) is 0 Å². The molecule has 10 heteroatoms. The van der Waals surface area contributed by atoms with Crippen molar-refractivity contribution in [1.82, 2.24) is 4.73 Å². The molecule has 36 heavy (non-hydrogen) atoms. The molecule has 3 N–H and O–H groups in total. The van der Waals surface area contributed by atoms with E-state index in [1.54, 1.807) is 72.8 Å². The number of benzene rings is 4. The van der Waals surface area contributed by atoms with Gasteiger partial charge in [-0.05, 0) is 60.7 Å². The predicted molar refractivity (Wildman–Crippen MR) is 139 cm³/mol. The minimum Gasteiger partial charge on any atom is -0.427 e. The lowest BCUT2D eigenvalue weighted by atomic mass is 10.1. The Balaban J connectivity index is 1.65. The normalized spacial score (nSPS) is 10.9. The van der Waals surface area contributed by atoms with Crippen LogP contribution < -0.4 is 15.1 Å². The molecule has 178 valence electrons. The van der Waals surface area contributed by atoms with Crippen molar-refractivity contribution in [3.63, 3.8) is 0 Å². The number of nitrogens with one attached hydrogen (secondary N) is 2. The van der Waals surface area contributed by atoms with Crippen molar-refractivity contribution in [2.24, 2.45) is 0 Å². The number of hydrogen-bond donors (Lipinski definition) is 3. The summed E-state index contributed by atoms with van der Waals surface area (Å²) < 4.78 is 1.52. The first-order valence-corrected chi connectivity index (χ1v) is 11.4. The molecule has 0 bridgehead atoms. The Hall–Kier alpha value is -4.40. The number of carbonyl (C=O) groups excluding carboxylic acids is 2. The molecule has 0 unspecified atom stereocenters. The summed E-state index contributed by atoms with van der Waals surface area (Å²) >= 11 is 11.8. The molecule has 0 radical (unpaired) electrons. The average Bonchev–Trinajstić information content (AvgIpc) is 2.88. The molecular formula is C26H17Cl2N4O4+. The minimum absolute atomic E-state index is 0.0760. The quantitative estimate of drug-likeness (QED) is 0.159. The van der Waals surface area contributed by atoms with E-state index in [0.29, 0.717) is 25.6 Å². The summed E-state index contributed by atoms with van der Waals surface area (Å²) in [6.07, 6.45) is 0. The van der Waals surface area contributed by atoms with Crippen LogP contribution in [0.1, 0.15) is 20.7 Å². The van der Waals surface area contributed by atoms with E-state index in [1.165, 1.54) is 12.1 Å². The highest BCUT2D eigenvalue weighted by molar-refractivity contribution is 6.31. The molecule has 0 saturated carbocycles. The van der Waals surface area contributed by atoms with Crippen LogP contribution in [0.4, 0.5) is 11.4 Å². The maximum atomic E-state index is 13.1. The number of halogens is 2. The zero-order chi connectivity index (χ0) is 25.4. The van der Waals surface area contributed by atoms with Gasteiger partial charge < -0.3 is 15.8 Å². The zero-order valence-electron chi connectivity index (χ0n) is 18.4. The number of anilines is 2. The summed E-state index contributed by atoms with van der Waals surface area (Å²) in [5.74, 6) is -0.962. The van der Waals surface area contributed by atoms with Crippen molar-refractivity contribution in [3.05, 3.63) is 111 Å². The van der Waals surface area contributed by atoms with E-state index in [4.69, 9.17) is 23.2 Å². The highest BCUT2D eigenvalue weighted by atomic mass is 35.5. The van der Waals surface area contributed by atoms with Crippen LogP contribution in [-0.2, 0) is 0 Å².